The number of sulfone groups is 1. The third-order valence-corrected chi connectivity index (χ3v) is 7.41. The number of amides is 1. The zero-order valence-corrected chi connectivity index (χ0v) is 18.4. The number of carbonyl (C=O) groups is 1. The van der Waals surface area contributed by atoms with Gasteiger partial charge in [-0.3, -0.25) is 9.52 Å². The molecule has 0 aliphatic rings. The van der Waals surface area contributed by atoms with Crippen LogP contribution in [-0.2, 0) is 24.7 Å². The summed E-state index contributed by atoms with van der Waals surface area (Å²) >= 11 is 0. The van der Waals surface area contributed by atoms with Crippen LogP contribution in [-0.4, -0.2) is 34.2 Å². The second-order valence-electron chi connectivity index (χ2n) is 6.91. The third kappa shape index (κ3) is 6.81. The minimum absolute atomic E-state index is 0.0751. The van der Waals surface area contributed by atoms with E-state index in [4.69, 9.17) is 0 Å². The van der Waals surface area contributed by atoms with Gasteiger partial charge >= 0.3 is 0 Å². The molecule has 0 aromatic heterocycles. The average molecular weight is 457 g/mol. The van der Waals surface area contributed by atoms with Gasteiger partial charge in [0, 0.05) is 5.69 Å². The van der Waals surface area contributed by atoms with Crippen LogP contribution in [0.3, 0.4) is 0 Å². The maximum Gasteiger partial charge on any atom is 0.262 e. The van der Waals surface area contributed by atoms with E-state index in [9.17, 15) is 26.0 Å². The molecule has 30 heavy (non-hydrogen) atoms. The third-order valence-electron chi connectivity index (χ3n) is 4.29. The lowest BCUT2D eigenvalue weighted by Crippen LogP contribution is -2.25. The number of sulfonamides is 1. The SMILES string of the molecule is CCCCCS(=O)(=O)CC(=O)Nc1ccc(C)c(S(=O)(=O)Nc2ccccc2F)c1. The van der Waals surface area contributed by atoms with Gasteiger partial charge in [0.05, 0.1) is 16.3 Å². The highest BCUT2D eigenvalue weighted by Crippen LogP contribution is 2.24. The van der Waals surface area contributed by atoms with E-state index in [0.717, 1.165) is 18.9 Å². The molecule has 0 saturated carbocycles. The second-order valence-corrected chi connectivity index (χ2v) is 10.7. The molecule has 0 unspecified atom stereocenters. The van der Waals surface area contributed by atoms with E-state index in [0.29, 0.717) is 12.0 Å². The Morgan fingerprint density at radius 3 is 2.40 bits per heavy atom. The standard InChI is InChI=1S/C20H25FN2O5S2/c1-3-4-7-12-29(25,26)14-20(24)22-16-11-10-15(2)19(13-16)30(27,28)23-18-9-6-5-8-17(18)21/h5-6,8-11,13,23H,3-4,7,12,14H2,1-2H3,(H,22,24). The number of unbranched alkanes of at least 4 members (excludes halogenated alkanes) is 2. The van der Waals surface area contributed by atoms with Crippen molar-refractivity contribution in [1.82, 2.24) is 0 Å². The van der Waals surface area contributed by atoms with Gasteiger partial charge < -0.3 is 5.32 Å². The molecular formula is C20H25FN2O5S2. The summed E-state index contributed by atoms with van der Waals surface area (Å²) < 4.78 is 65.4. The zero-order chi connectivity index (χ0) is 22.4. The van der Waals surface area contributed by atoms with Gasteiger partial charge in [-0.1, -0.05) is 38.0 Å². The number of hydrogen-bond acceptors (Lipinski definition) is 5. The van der Waals surface area contributed by atoms with Crippen LogP contribution in [0.5, 0.6) is 0 Å². The fraction of sp³-hybridized carbons (Fsp3) is 0.350. The van der Waals surface area contributed by atoms with Crippen LogP contribution in [0.2, 0.25) is 0 Å². The number of hydrogen-bond donors (Lipinski definition) is 2. The Balaban J connectivity index is 2.16. The molecule has 0 bridgehead atoms. The van der Waals surface area contributed by atoms with Gasteiger partial charge in [0.25, 0.3) is 10.0 Å². The quantitative estimate of drug-likeness (QED) is 0.532. The molecule has 2 rings (SSSR count). The summed E-state index contributed by atoms with van der Waals surface area (Å²) in [7, 11) is -7.68. The van der Waals surface area contributed by atoms with E-state index in [1.807, 2.05) is 6.92 Å². The normalized spacial score (nSPS) is 11.8. The summed E-state index contributed by atoms with van der Waals surface area (Å²) in [5.41, 5.74) is 0.303. The van der Waals surface area contributed by atoms with Crippen LogP contribution in [0.25, 0.3) is 0 Å². The van der Waals surface area contributed by atoms with Gasteiger partial charge in [0.15, 0.2) is 9.84 Å². The maximum atomic E-state index is 13.8. The molecule has 0 saturated heterocycles. The number of anilines is 2. The molecule has 0 spiro atoms. The van der Waals surface area contributed by atoms with E-state index < -0.39 is 37.3 Å². The average Bonchev–Trinajstić information content (AvgIpc) is 2.64. The number of nitrogens with one attached hydrogen (secondary N) is 2. The lowest BCUT2D eigenvalue weighted by atomic mass is 10.2. The minimum Gasteiger partial charge on any atom is -0.325 e. The first kappa shape index (κ1) is 23.8. The van der Waals surface area contributed by atoms with E-state index in [1.165, 1.54) is 36.4 Å². The van der Waals surface area contributed by atoms with Crippen molar-refractivity contribution in [1.29, 1.82) is 0 Å². The first-order valence-corrected chi connectivity index (χ1v) is 12.7. The number of rotatable bonds is 10. The van der Waals surface area contributed by atoms with E-state index in [-0.39, 0.29) is 22.0 Å². The van der Waals surface area contributed by atoms with Crippen molar-refractivity contribution < 1.29 is 26.0 Å². The Hall–Kier alpha value is -2.46. The molecule has 10 heteroatoms. The lowest BCUT2D eigenvalue weighted by molar-refractivity contribution is -0.113. The molecule has 2 aromatic carbocycles. The summed E-state index contributed by atoms with van der Waals surface area (Å²) in [5.74, 6) is -2.23. The molecule has 0 fully saturated rings. The Labute approximate surface area is 176 Å². The number of halogens is 1. The van der Waals surface area contributed by atoms with Crippen molar-refractivity contribution in [2.45, 2.75) is 38.0 Å². The molecule has 7 nitrogen and oxygen atoms in total. The largest absolute Gasteiger partial charge is 0.325 e. The molecule has 0 atom stereocenters. The number of benzene rings is 2. The predicted octanol–water partition coefficient (Wildman–Crippen LogP) is 3.48. The van der Waals surface area contributed by atoms with Crippen LogP contribution in [0, 0.1) is 12.7 Å². The number of aryl methyl sites for hydroxylation is 1. The zero-order valence-electron chi connectivity index (χ0n) is 16.8. The Kier molecular flexibility index (Phi) is 7.96. The summed E-state index contributed by atoms with van der Waals surface area (Å²) in [5, 5.41) is 2.42. The summed E-state index contributed by atoms with van der Waals surface area (Å²) in [6, 6.07) is 9.50. The minimum atomic E-state index is -4.13. The van der Waals surface area contributed by atoms with E-state index in [2.05, 4.69) is 10.0 Å². The molecule has 0 radical (unpaired) electrons. The first-order chi connectivity index (χ1) is 14.0. The molecule has 0 aliphatic heterocycles. The van der Waals surface area contributed by atoms with Crippen molar-refractivity contribution in [3.8, 4) is 0 Å². The Morgan fingerprint density at radius 1 is 1.03 bits per heavy atom. The fourth-order valence-electron chi connectivity index (χ4n) is 2.75. The van der Waals surface area contributed by atoms with Crippen LogP contribution in [0.4, 0.5) is 15.8 Å². The van der Waals surface area contributed by atoms with Crippen LogP contribution in [0.15, 0.2) is 47.4 Å². The smallest absolute Gasteiger partial charge is 0.262 e. The highest BCUT2D eigenvalue weighted by Gasteiger charge is 2.21. The molecular weight excluding hydrogens is 431 g/mol. The summed E-state index contributed by atoms with van der Waals surface area (Å²) in [6.45, 7) is 3.50. The van der Waals surface area contributed by atoms with Crippen LogP contribution in [0.1, 0.15) is 31.7 Å². The molecule has 164 valence electrons. The van der Waals surface area contributed by atoms with Crippen molar-refractivity contribution in [3.05, 3.63) is 53.8 Å². The van der Waals surface area contributed by atoms with Gasteiger partial charge in [0.2, 0.25) is 5.91 Å². The first-order valence-electron chi connectivity index (χ1n) is 9.42. The van der Waals surface area contributed by atoms with Gasteiger partial charge in [-0.25, -0.2) is 21.2 Å². The molecule has 0 heterocycles. The molecule has 1 amide bonds. The number of carbonyl (C=O) groups excluding carboxylic acids is 1. The molecule has 2 aromatic rings. The van der Waals surface area contributed by atoms with Gasteiger partial charge in [-0.15, -0.1) is 0 Å². The predicted molar refractivity (Wildman–Crippen MR) is 115 cm³/mol. The Bertz CT molecular complexity index is 1120. The molecule has 2 N–H and O–H groups in total. The van der Waals surface area contributed by atoms with Crippen molar-refractivity contribution >= 4 is 37.1 Å². The maximum absolute atomic E-state index is 13.8. The van der Waals surface area contributed by atoms with E-state index in [1.54, 1.807) is 6.92 Å². The lowest BCUT2D eigenvalue weighted by Gasteiger charge is -2.13. The molecule has 0 aliphatic carbocycles. The van der Waals surface area contributed by atoms with Crippen molar-refractivity contribution in [3.63, 3.8) is 0 Å². The summed E-state index contributed by atoms with van der Waals surface area (Å²) in [6.07, 6.45) is 2.11. The number of para-hydroxylation sites is 1. The van der Waals surface area contributed by atoms with Crippen molar-refractivity contribution in [2.75, 3.05) is 21.5 Å². The van der Waals surface area contributed by atoms with Gasteiger partial charge in [-0.2, -0.15) is 0 Å². The Morgan fingerprint density at radius 2 is 1.73 bits per heavy atom. The van der Waals surface area contributed by atoms with Crippen LogP contribution >= 0.6 is 0 Å². The highest BCUT2D eigenvalue weighted by atomic mass is 32.2. The fourth-order valence-corrected chi connectivity index (χ4v) is 5.35. The van der Waals surface area contributed by atoms with Gasteiger partial charge in [-0.05, 0) is 43.2 Å². The van der Waals surface area contributed by atoms with E-state index >= 15 is 0 Å². The second kappa shape index (κ2) is 10.0. The topological polar surface area (TPSA) is 109 Å². The van der Waals surface area contributed by atoms with Gasteiger partial charge in [0.1, 0.15) is 11.6 Å². The highest BCUT2D eigenvalue weighted by molar-refractivity contribution is 7.92. The van der Waals surface area contributed by atoms with Crippen LogP contribution < -0.4 is 10.0 Å². The van der Waals surface area contributed by atoms with Crippen molar-refractivity contribution in [2.24, 2.45) is 0 Å². The summed E-state index contributed by atoms with van der Waals surface area (Å²) in [4.78, 5) is 12.0. The monoisotopic (exact) mass is 456 g/mol.